The molecule has 9 heteroatoms. The Balaban J connectivity index is 1.61. The molecule has 1 aliphatic rings. The van der Waals surface area contributed by atoms with Gasteiger partial charge in [0.25, 0.3) is 5.91 Å². The molecule has 0 radical (unpaired) electrons. The first kappa shape index (κ1) is 26.8. The Morgan fingerprint density at radius 1 is 1.16 bits per heavy atom. The van der Waals surface area contributed by atoms with Crippen molar-refractivity contribution in [3.05, 3.63) is 91.8 Å². The number of hydrogen-bond donors (Lipinski definition) is 0. The van der Waals surface area contributed by atoms with E-state index in [1.54, 1.807) is 36.3 Å². The van der Waals surface area contributed by atoms with Crippen molar-refractivity contribution in [2.75, 3.05) is 13.7 Å². The number of carbonyl (C=O) groups excluding carboxylic acids is 1. The highest BCUT2D eigenvalue weighted by molar-refractivity contribution is 9.10. The lowest BCUT2D eigenvalue weighted by Crippen LogP contribution is -2.29. The van der Waals surface area contributed by atoms with Gasteiger partial charge < -0.3 is 9.47 Å². The number of nitriles is 1. The fourth-order valence-electron chi connectivity index (χ4n) is 3.62. The number of amides is 1. The Labute approximate surface area is 233 Å². The maximum absolute atomic E-state index is 13.2. The standard InChI is InChI=1S/C28H23BrClN3O3S/c1-3-12-33-27(34)26(37-28(33)32-22-10-8-21(30)9-11-22)14-20-13-24(35-2)25(15-23(20)29)36-17-19-7-5-4-6-18(19)16-31/h4-11,13-15H,3,12,17H2,1-2H3/b26-14-,32-28?. The monoisotopic (exact) mass is 595 g/mol. The molecule has 3 aromatic rings. The van der Waals surface area contributed by atoms with E-state index in [1.807, 2.05) is 49.4 Å². The van der Waals surface area contributed by atoms with Gasteiger partial charge in [0.1, 0.15) is 6.61 Å². The lowest BCUT2D eigenvalue weighted by atomic mass is 10.1. The number of ether oxygens (including phenoxy) is 2. The number of rotatable bonds is 8. The van der Waals surface area contributed by atoms with Gasteiger partial charge in [-0.05, 0) is 72.3 Å². The minimum Gasteiger partial charge on any atom is -0.493 e. The Hall–Kier alpha value is -3.25. The number of hydrogen-bond acceptors (Lipinski definition) is 6. The van der Waals surface area contributed by atoms with Gasteiger partial charge in [0, 0.05) is 21.6 Å². The second-order valence-electron chi connectivity index (χ2n) is 8.02. The number of aliphatic imine (C=N–C) groups is 1. The maximum Gasteiger partial charge on any atom is 0.266 e. The average Bonchev–Trinajstić information content (AvgIpc) is 3.19. The quantitative estimate of drug-likeness (QED) is 0.251. The minimum atomic E-state index is -0.0983. The summed E-state index contributed by atoms with van der Waals surface area (Å²) in [5.74, 6) is 0.937. The van der Waals surface area contributed by atoms with Crippen LogP contribution in [-0.2, 0) is 11.4 Å². The van der Waals surface area contributed by atoms with Crippen molar-refractivity contribution in [2.45, 2.75) is 20.0 Å². The van der Waals surface area contributed by atoms with Crippen LogP contribution in [0, 0.1) is 11.3 Å². The van der Waals surface area contributed by atoms with Crippen LogP contribution in [0.25, 0.3) is 6.08 Å². The zero-order valence-corrected chi connectivity index (χ0v) is 23.4. The van der Waals surface area contributed by atoms with Gasteiger partial charge in [0.2, 0.25) is 0 Å². The Kier molecular flexibility index (Phi) is 8.93. The first-order valence-corrected chi connectivity index (χ1v) is 13.5. The van der Waals surface area contributed by atoms with E-state index in [2.05, 4.69) is 27.0 Å². The SMILES string of the molecule is CCCN1C(=O)/C(=C/c2cc(OC)c(OCc3ccccc3C#N)cc2Br)SC1=Nc1ccc(Cl)cc1. The largest absolute Gasteiger partial charge is 0.493 e. The van der Waals surface area contributed by atoms with Gasteiger partial charge in [-0.3, -0.25) is 9.69 Å². The summed E-state index contributed by atoms with van der Waals surface area (Å²) in [5.41, 5.74) is 2.84. The number of carbonyl (C=O) groups is 1. The number of thioether (sulfide) groups is 1. The van der Waals surface area contributed by atoms with Gasteiger partial charge in [-0.25, -0.2) is 4.99 Å². The average molecular weight is 597 g/mol. The maximum atomic E-state index is 13.2. The molecule has 1 saturated heterocycles. The highest BCUT2D eigenvalue weighted by atomic mass is 79.9. The molecular weight excluding hydrogens is 574 g/mol. The molecule has 6 nitrogen and oxygen atoms in total. The summed E-state index contributed by atoms with van der Waals surface area (Å²) in [7, 11) is 1.56. The van der Waals surface area contributed by atoms with Crippen molar-refractivity contribution in [1.29, 1.82) is 5.26 Å². The van der Waals surface area contributed by atoms with Crippen molar-refractivity contribution < 1.29 is 14.3 Å². The summed E-state index contributed by atoms with van der Waals surface area (Å²) < 4.78 is 12.3. The summed E-state index contributed by atoms with van der Waals surface area (Å²) >= 11 is 10.9. The Morgan fingerprint density at radius 3 is 2.62 bits per heavy atom. The molecule has 0 N–H and O–H groups in total. The number of amidine groups is 1. The molecule has 0 saturated carbocycles. The van der Waals surface area contributed by atoms with E-state index in [-0.39, 0.29) is 12.5 Å². The van der Waals surface area contributed by atoms with E-state index in [0.29, 0.717) is 38.7 Å². The third-order valence-corrected chi connectivity index (χ3v) is 7.42. The van der Waals surface area contributed by atoms with Gasteiger partial charge in [-0.2, -0.15) is 5.26 Å². The molecule has 4 rings (SSSR count). The number of nitrogens with zero attached hydrogens (tertiary/aromatic N) is 3. The summed E-state index contributed by atoms with van der Waals surface area (Å²) in [6.07, 6.45) is 2.62. The molecule has 0 bridgehead atoms. The first-order valence-electron chi connectivity index (χ1n) is 11.5. The van der Waals surface area contributed by atoms with Crippen molar-refractivity contribution in [1.82, 2.24) is 4.90 Å². The van der Waals surface area contributed by atoms with Crippen LogP contribution >= 0.6 is 39.3 Å². The highest BCUT2D eigenvalue weighted by Crippen LogP contribution is 2.39. The molecule has 0 unspecified atom stereocenters. The molecule has 188 valence electrons. The van der Waals surface area contributed by atoms with Crippen LogP contribution in [0.5, 0.6) is 11.5 Å². The third-order valence-electron chi connectivity index (χ3n) is 5.48. The molecule has 1 heterocycles. The third kappa shape index (κ3) is 6.37. The lowest BCUT2D eigenvalue weighted by molar-refractivity contribution is -0.122. The van der Waals surface area contributed by atoms with Crippen LogP contribution in [-0.4, -0.2) is 29.6 Å². The Bertz CT molecular complexity index is 1420. The minimum absolute atomic E-state index is 0.0983. The lowest BCUT2D eigenvalue weighted by Gasteiger charge is -2.14. The van der Waals surface area contributed by atoms with Gasteiger partial charge in [-0.1, -0.05) is 52.7 Å². The van der Waals surface area contributed by atoms with Crippen LogP contribution in [0.15, 0.2) is 75.0 Å². The van der Waals surface area contributed by atoms with Crippen LogP contribution in [0.1, 0.15) is 30.0 Å². The smallest absolute Gasteiger partial charge is 0.266 e. The predicted octanol–water partition coefficient (Wildman–Crippen LogP) is 7.58. The van der Waals surface area contributed by atoms with Gasteiger partial charge in [0.05, 0.1) is 29.3 Å². The van der Waals surface area contributed by atoms with Crippen LogP contribution in [0.2, 0.25) is 5.02 Å². The number of methoxy groups -OCH3 is 1. The predicted molar refractivity (Wildman–Crippen MR) is 152 cm³/mol. The van der Waals surface area contributed by atoms with E-state index in [1.165, 1.54) is 11.8 Å². The van der Waals surface area contributed by atoms with Crippen LogP contribution < -0.4 is 9.47 Å². The normalized spacial score (nSPS) is 15.3. The van der Waals surface area contributed by atoms with Gasteiger partial charge in [-0.15, -0.1) is 0 Å². The molecule has 1 fully saturated rings. The van der Waals surface area contributed by atoms with Crippen LogP contribution in [0.4, 0.5) is 5.69 Å². The van der Waals surface area contributed by atoms with Gasteiger partial charge >= 0.3 is 0 Å². The number of benzene rings is 3. The van der Waals surface area contributed by atoms with Crippen molar-refractivity contribution in [2.24, 2.45) is 4.99 Å². The highest BCUT2D eigenvalue weighted by Gasteiger charge is 2.33. The van der Waals surface area contributed by atoms with Crippen molar-refractivity contribution >= 4 is 62.1 Å². The van der Waals surface area contributed by atoms with Gasteiger partial charge in [0.15, 0.2) is 16.7 Å². The zero-order chi connectivity index (χ0) is 26.4. The molecule has 3 aromatic carbocycles. The molecule has 0 spiro atoms. The zero-order valence-electron chi connectivity index (χ0n) is 20.2. The summed E-state index contributed by atoms with van der Waals surface area (Å²) in [6.45, 7) is 2.81. The molecule has 0 atom stereocenters. The van der Waals surface area contributed by atoms with E-state index < -0.39 is 0 Å². The summed E-state index contributed by atoms with van der Waals surface area (Å²) in [5, 5.41) is 10.6. The fourth-order valence-corrected chi connectivity index (χ4v) is 5.20. The summed E-state index contributed by atoms with van der Waals surface area (Å²) in [6, 6.07) is 20.3. The fraction of sp³-hybridized carbons (Fsp3) is 0.179. The topological polar surface area (TPSA) is 74.9 Å². The molecule has 37 heavy (non-hydrogen) atoms. The van der Waals surface area contributed by atoms with E-state index in [0.717, 1.165) is 27.7 Å². The van der Waals surface area contributed by atoms with Crippen molar-refractivity contribution in [3.63, 3.8) is 0 Å². The molecular formula is C28H23BrClN3O3S. The second-order valence-corrected chi connectivity index (χ2v) is 10.3. The molecule has 0 aromatic heterocycles. The van der Waals surface area contributed by atoms with E-state index in [4.69, 9.17) is 21.1 Å². The summed E-state index contributed by atoms with van der Waals surface area (Å²) in [4.78, 5) is 20.2. The second kappa shape index (κ2) is 12.3. The molecule has 1 aliphatic heterocycles. The Morgan fingerprint density at radius 2 is 1.92 bits per heavy atom. The molecule has 0 aliphatic carbocycles. The number of halogens is 2. The van der Waals surface area contributed by atoms with Crippen LogP contribution in [0.3, 0.4) is 0 Å². The van der Waals surface area contributed by atoms with Crippen molar-refractivity contribution in [3.8, 4) is 17.6 Å². The molecule has 1 amide bonds. The van der Waals surface area contributed by atoms with E-state index in [9.17, 15) is 10.1 Å². The van der Waals surface area contributed by atoms with E-state index >= 15 is 0 Å². The first-order chi connectivity index (χ1) is 17.9.